The first kappa shape index (κ1) is 39.6. The third kappa shape index (κ3) is 6.18. The van der Waals surface area contributed by atoms with Crippen molar-refractivity contribution in [3.05, 3.63) is 142 Å². The van der Waals surface area contributed by atoms with Gasteiger partial charge in [-0.05, 0) is 79.0 Å². The minimum atomic E-state index is -1.88. The number of alkyl halides is 2. The lowest BCUT2D eigenvalue weighted by Crippen LogP contribution is -2.72. The minimum absolute atomic E-state index is 0.000494. The van der Waals surface area contributed by atoms with Crippen molar-refractivity contribution in [2.45, 2.75) is 85.5 Å². The summed E-state index contributed by atoms with van der Waals surface area (Å²) in [6.45, 7) is -2.11. The average Bonchev–Trinajstić information content (AvgIpc) is 3.94. The SMILES string of the molecule is O=C(NC1CCC(c2nnco2)CC1)[C@H]1[C@H](c2ccnc(Cl)c2F)C2(C(=O)Nc3cc(Cl)ccc32)C2(CC(CF)(CF)C2)N1[C@H](c1ccccc1)[C@@H](O)c1ccccc1. The van der Waals surface area contributed by atoms with E-state index in [4.69, 9.17) is 27.6 Å². The van der Waals surface area contributed by atoms with E-state index in [-0.39, 0.29) is 30.4 Å². The molecule has 1 saturated heterocycles. The van der Waals surface area contributed by atoms with Crippen LogP contribution in [-0.4, -0.2) is 68.0 Å². The number of carbonyl (C=O) groups is 2. The highest BCUT2D eigenvalue weighted by atomic mass is 35.5. The highest BCUT2D eigenvalue weighted by Crippen LogP contribution is 2.74. The van der Waals surface area contributed by atoms with Gasteiger partial charge in [-0.1, -0.05) is 89.9 Å². The van der Waals surface area contributed by atoms with Crippen LogP contribution in [0.25, 0.3) is 0 Å². The molecule has 2 aliphatic carbocycles. The Bertz CT molecular complexity index is 2340. The molecular weight excluding hydrogens is 804 g/mol. The molecule has 15 heteroatoms. The molecule has 9 rings (SSSR count). The summed E-state index contributed by atoms with van der Waals surface area (Å²) >= 11 is 13.0. The second-order valence-electron chi connectivity index (χ2n) is 16.5. The molecule has 5 atom stereocenters. The fraction of sp³-hybridized carbons (Fsp3) is 0.386. The zero-order valence-corrected chi connectivity index (χ0v) is 33.2. The van der Waals surface area contributed by atoms with Gasteiger partial charge in [0.05, 0.1) is 31.5 Å². The van der Waals surface area contributed by atoms with Crippen LogP contribution in [0, 0.1) is 11.2 Å². The maximum atomic E-state index is 17.0. The van der Waals surface area contributed by atoms with Crippen LogP contribution in [0.15, 0.2) is 102 Å². The Hall–Kier alpha value is -4.82. The van der Waals surface area contributed by atoms with E-state index in [1.807, 2.05) is 12.1 Å². The van der Waals surface area contributed by atoms with Crippen molar-refractivity contribution in [1.82, 2.24) is 25.4 Å². The van der Waals surface area contributed by atoms with Gasteiger partial charge in [0, 0.05) is 45.7 Å². The molecular formula is C44H41Cl2F3N6O4. The van der Waals surface area contributed by atoms with Gasteiger partial charge in [0.25, 0.3) is 0 Å². The van der Waals surface area contributed by atoms with Gasteiger partial charge in [-0.25, -0.2) is 9.37 Å². The van der Waals surface area contributed by atoms with Crippen LogP contribution in [0.5, 0.6) is 0 Å². The summed E-state index contributed by atoms with van der Waals surface area (Å²) in [5.74, 6) is -2.93. The first-order valence-corrected chi connectivity index (χ1v) is 20.5. The molecule has 0 radical (unpaired) electrons. The first-order chi connectivity index (χ1) is 28.6. The number of likely N-dealkylation sites (tertiary alicyclic amines) is 1. The number of benzene rings is 3. The second kappa shape index (κ2) is 15.3. The van der Waals surface area contributed by atoms with E-state index in [1.165, 1.54) is 18.7 Å². The third-order valence-corrected chi connectivity index (χ3v) is 13.9. The molecule has 59 heavy (non-hydrogen) atoms. The average molecular weight is 846 g/mol. The van der Waals surface area contributed by atoms with Crippen LogP contribution in [0.1, 0.15) is 90.7 Å². The predicted octanol–water partition coefficient (Wildman–Crippen LogP) is 8.34. The molecule has 0 bridgehead atoms. The number of anilines is 1. The number of hydrogen-bond acceptors (Lipinski definition) is 8. The lowest BCUT2D eigenvalue weighted by molar-refractivity contribution is -0.166. The number of nitrogens with one attached hydrogen (secondary N) is 2. The molecule has 306 valence electrons. The van der Waals surface area contributed by atoms with Gasteiger partial charge in [0.2, 0.25) is 24.1 Å². The first-order valence-electron chi connectivity index (χ1n) is 19.7. The van der Waals surface area contributed by atoms with Gasteiger partial charge in [-0.15, -0.1) is 10.2 Å². The summed E-state index contributed by atoms with van der Waals surface area (Å²) in [5, 5.41) is 26.7. The summed E-state index contributed by atoms with van der Waals surface area (Å²) in [7, 11) is 0. The molecule has 4 heterocycles. The number of aliphatic hydroxyl groups excluding tert-OH is 1. The smallest absolute Gasteiger partial charge is 0.238 e. The zero-order chi connectivity index (χ0) is 41.1. The monoisotopic (exact) mass is 844 g/mol. The Balaban J connectivity index is 1.31. The Morgan fingerprint density at radius 2 is 1.64 bits per heavy atom. The fourth-order valence-corrected chi connectivity index (χ4v) is 11.3. The van der Waals surface area contributed by atoms with Crippen LogP contribution < -0.4 is 10.6 Å². The lowest BCUT2D eigenvalue weighted by atomic mass is 9.45. The van der Waals surface area contributed by atoms with Gasteiger partial charge in [-0.2, -0.15) is 0 Å². The van der Waals surface area contributed by atoms with Crippen LogP contribution in [0.2, 0.25) is 10.2 Å². The molecule has 3 N–H and O–H groups in total. The van der Waals surface area contributed by atoms with Crippen LogP contribution in [-0.2, 0) is 15.0 Å². The number of aliphatic hydroxyl groups is 1. The number of hydrogen-bond donors (Lipinski definition) is 3. The minimum Gasteiger partial charge on any atom is -0.428 e. The molecule has 10 nitrogen and oxygen atoms in total. The van der Waals surface area contributed by atoms with Crippen molar-refractivity contribution >= 4 is 40.7 Å². The topological polar surface area (TPSA) is 133 Å². The van der Waals surface area contributed by atoms with Crippen molar-refractivity contribution in [2.75, 3.05) is 18.7 Å². The van der Waals surface area contributed by atoms with E-state index in [0.29, 0.717) is 59.0 Å². The Kier molecular flexibility index (Phi) is 10.3. The lowest BCUT2D eigenvalue weighted by Gasteiger charge is -2.63. The maximum absolute atomic E-state index is 17.0. The fourth-order valence-electron chi connectivity index (χ4n) is 11.0. The Morgan fingerprint density at radius 1 is 0.966 bits per heavy atom. The molecule has 2 spiro atoms. The van der Waals surface area contributed by atoms with E-state index in [1.54, 1.807) is 71.6 Å². The van der Waals surface area contributed by atoms with Gasteiger partial charge >= 0.3 is 0 Å². The number of fused-ring (bicyclic) bond motifs is 3. The Labute approximate surface area is 348 Å². The third-order valence-electron chi connectivity index (χ3n) is 13.4. The van der Waals surface area contributed by atoms with Gasteiger partial charge in [0.15, 0.2) is 11.0 Å². The van der Waals surface area contributed by atoms with Crippen LogP contribution in [0.4, 0.5) is 18.9 Å². The summed E-state index contributed by atoms with van der Waals surface area (Å²) in [5.41, 5.74) is -3.33. The number of nitrogens with zero attached hydrogens (tertiary/aromatic N) is 4. The molecule has 2 amide bonds. The molecule has 3 aromatic carbocycles. The predicted molar refractivity (Wildman–Crippen MR) is 214 cm³/mol. The van der Waals surface area contributed by atoms with E-state index < -0.39 is 76.6 Å². The number of amides is 2. The number of rotatable bonds is 10. The van der Waals surface area contributed by atoms with Crippen molar-refractivity contribution < 1.29 is 32.3 Å². The molecule has 5 aromatic rings. The maximum Gasteiger partial charge on any atom is 0.238 e. The molecule has 4 aliphatic rings. The number of pyridine rings is 1. The van der Waals surface area contributed by atoms with Crippen LogP contribution >= 0.6 is 23.2 Å². The molecule has 2 aliphatic heterocycles. The molecule has 2 saturated carbocycles. The van der Waals surface area contributed by atoms with Gasteiger partial charge in [0.1, 0.15) is 5.41 Å². The standard InChI is InChI=1S/C44H41Cl2F3N6O4/c45-28-13-16-31-32(19-28)53-41(58)44(31)33(30-17-18-50-38(46)34(30)49)36(39(57)52-29-14-11-27(12-15-29)40-54-51-24-59-40)55(43(44)20-42(21-43,22-47)23-48)35(25-7-3-1-4-8-25)37(56)26-9-5-2-6-10-26/h1-10,13,16-19,24,27,29,33,35-37,56H,11-12,14-15,20-23H2,(H,52,57)(H,53,58)/t27?,29?,33-,35+,36+,37-,44?/m0/s1. The normalized spacial score (nSPS) is 26.6. The second-order valence-corrected chi connectivity index (χ2v) is 17.3. The highest BCUT2D eigenvalue weighted by molar-refractivity contribution is 6.31. The van der Waals surface area contributed by atoms with Crippen molar-refractivity contribution in [2.24, 2.45) is 5.41 Å². The summed E-state index contributed by atoms with van der Waals surface area (Å²) < 4.78 is 53.2. The quantitative estimate of drug-likeness (QED) is 0.120. The van der Waals surface area contributed by atoms with Gasteiger partial charge < -0.3 is 20.2 Å². The van der Waals surface area contributed by atoms with Crippen molar-refractivity contribution in [3.8, 4) is 0 Å². The van der Waals surface area contributed by atoms with E-state index in [2.05, 4.69) is 25.8 Å². The zero-order valence-electron chi connectivity index (χ0n) is 31.7. The number of halogens is 5. The number of carbonyl (C=O) groups excluding carboxylic acids is 2. The summed E-state index contributed by atoms with van der Waals surface area (Å²) in [6, 6.07) is 21.3. The molecule has 3 fully saturated rings. The van der Waals surface area contributed by atoms with E-state index >= 15 is 22.8 Å². The summed E-state index contributed by atoms with van der Waals surface area (Å²) in [4.78, 5) is 36.9. The molecule has 2 aromatic heterocycles. The summed E-state index contributed by atoms with van der Waals surface area (Å²) in [6.07, 6.45) is 3.13. The van der Waals surface area contributed by atoms with Crippen molar-refractivity contribution in [3.63, 3.8) is 0 Å². The van der Waals surface area contributed by atoms with Gasteiger partial charge in [-0.3, -0.25) is 23.3 Å². The Morgan fingerprint density at radius 3 is 2.29 bits per heavy atom. The largest absolute Gasteiger partial charge is 0.428 e. The van der Waals surface area contributed by atoms with E-state index in [9.17, 15) is 5.11 Å². The van der Waals surface area contributed by atoms with E-state index in [0.717, 1.165) is 0 Å². The van der Waals surface area contributed by atoms with Crippen LogP contribution in [0.3, 0.4) is 0 Å². The molecule has 1 unspecified atom stereocenters. The number of aromatic nitrogens is 3. The van der Waals surface area contributed by atoms with Crippen molar-refractivity contribution in [1.29, 1.82) is 0 Å². The highest BCUT2D eigenvalue weighted by Gasteiger charge is 2.82.